The quantitative estimate of drug-likeness (QED) is 0.801. The summed E-state index contributed by atoms with van der Waals surface area (Å²) in [5.74, 6) is -0.460. The molecule has 0 aliphatic rings. The van der Waals surface area contributed by atoms with E-state index >= 15 is 0 Å². The summed E-state index contributed by atoms with van der Waals surface area (Å²) >= 11 is 0. The van der Waals surface area contributed by atoms with Crippen LogP contribution in [0.5, 0.6) is 0 Å². The van der Waals surface area contributed by atoms with Crippen molar-refractivity contribution in [3.63, 3.8) is 0 Å². The molecule has 2 N–H and O–H groups in total. The zero-order chi connectivity index (χ0) is 11.1. The number of fused-ring (bicyclic) bond motifs is 1. The summed E-state index contributed by atoms with van der Waals surface area (Å²) in [4.78, 5) is -0.0560. The minimum atomic E-state index is -3.81. The van der Waals surface area contributed by atoms with E-state index in [0.29, 0.717) is 5.39 Å². The Bertz CT molecular complexity index is 622. The topological polar surface area (TPSA) is 60.2 Å². The molecule has 0 bridgehead atoms. The van der Waals surface area contributed by atoms with Crippen LogP contribution in [0, 0.1) is 5.82 Å². The number of halogens is 1. The molecule has 0 aliphatic carbocycles. The van der Waals surface area contributed by atoms with E-state index < -0.39 is 15.8 Å². The SMILES string of the molecule is NS(=O)(=O)c1ccc(F)c2ccccc12. The Morgan fingerprint density at radius 3 is 2.20 bits per heavy atom. The smallest absolute Gasteiger partial charge is 0.225 e. The van der Waals surface area contributed by atoms with Crippen molar-refractivity contribution in [2.45, 2.75) is 4.90 Å². The van der Waals surface area contributed by atoms with Crippen LogP contribution in [0.3, 0.4) is 0 Å². The fourth-order valence-electron chi connectivity index (χ4n) is 1.48. The highest BCUT2D eigenvalue weighted by molar-refractivity contribution is 7.89. The predicted molar refractivity (Wildman–Crippen MR) is 55.3 cm³/mol. The number of nitrogens with two attached hydrogens (primary N) is 1. The molecule has 15 heavy (non-hydrogen) atoms. The number of benzene rings is 2. The van der Waals surface area contributed by atoms with E-state index in [2.05, 4.69) is 0 Å². The van der Waals surface area contributed by atoms with Crippen molar-refractivity contribution >= 4 is 20.8 Å². The van der Waals surface area contributed by atoms with E-state index in [0.717, 1.165) is 6.07 Å². The maximum absolute atomic E-state index is 13.3. The average molecular weight is 225 g/mol. The molecule has 2 aromatic rings. The lowest BCUT2D eigenvalue weighted by atomic mass is 10.1. The third-order valence-corrected chi connectivity index (χ3v) is 3.11. The number of rotatable bonds is 1. The van der Waals surface area contributed by atoms with Gasteiger partial charge in [-0.2, -0.15) is 0 Å². The molecule has 0 amide bonds. The van der Waals surface area contributed by atoms with Gasteiger partial charge in [-0.15, -0.1) is 0 Å². The molecular formula is C10H8FNO2S. The Kier molecular flexibility index (Phi) is 2.21. The number of sulfonamides is 1. The fraction of sp³-hybridized carbons (Fsp3) is 0. The Labute approximate surface area is 86.4 Å². The van der Waals surface area contributed by atoms with Crippen LogP contribution in [0.15, 0.2) is 41.3 Å². The Hall–Kier alpha value is -1.46. The molecule has 0 aliphatic heterocycles. The van der Waals surface area contributed by atoms with Crippen LogP contribution in [-0.4, -0.2) is 8.42 Å². The summed E-state index contributed by atoms with van der Waals surface area (Å²) in [7, 11) is -3.81. The van der Waals surface area contributed by atoms with Gasteiger partial charge in [-0.05, 0) is 12.1 Å². The molecule has 3 nitrogen and oxygen atoms in total. The molecule has 0 saturated heterocycles. The van der Waals surface area contributed by atoms with Crippen molar-refractivity contribution in [2.24, 2.45) is 5.14 Å². The second kappa shape index (κ2) is 3.29. The van der Waals surface area contributed by atoms with E-state index in [1.165, 1.54) is 18.2 Å². The van der Waals surface area contributed by atoms with Crippen molar-refractivity contribution < 1.29 is 12.8 Å². The molecule has 0 spiro atoms. The maximum Gasteiger partial charge on any atom is 0.238 e. The average Bonchev–Trinajstić information content (AvgIpc) is 2.17. The lowest BCUT2D eigenvalue weighted by molar-refractivity contribution is 0.598. The molecular weight excluding hydrogens is 217 g/mol. The summed E-state index contributed by atoms with van der Waals surface area (Å²) < 4.78 is 35.7. The first-order chi connectivity index (χ1) is 7.00. The maximum atomic E-state index is 13.3. The molecule has 0 atom stereocenters. The van der Waals surface area contributed by atoms with Gasteiger partial charge in [-0.25, -0.2) is 17.9 Å². The zero-order valence-corrected chi connectivity index (χ0v) is 8.46. The second-order valence-electron chi connectivity index (χ2n) is 3.14. The standard InChI is InChI=1S/C10H8FNO2S/c11-9-5-6-10(15(12,13)14)8-4-2-1-3-7(8)9/h1-6H,(H2,12,13,14). The van der Waals surface area contributed by atoms with E-state index in [1.54, 1.807) is 12.1 Å². The van der Waals surface area contributed by atoms with E-state index in [1.807, 2.05) is 0 Å². The van der Waals surface area contributed by atoms with E-state index in [-0.39, 0.29) is 10.3 Å². The largest absolute Gasteiger partial charge is 0.238 e. The minimum Gasteiger partial charge on any atom is -0.225 e. The highest BCUT2D eigenvalue weighted by Gasteiger charge is 2.13. The molecule has 2 rings (SSSR count). The zero-order valence-electron chi connectivity index (χ0n) is 7.64. The first-order valence-electron chi connectivity index (χ1n) is 4.20. The predicted octanol–water partition coefficient (Wildman–Crippen LogP) is 1.63. The van der Waals surface area contributed by atoms with E-state index in [9.17, 15) is 12.8 Å². The summed E-state index contributed by atoms with van der Waals surface area (Å²) in [6.45, 7) is 0. The fourth-order valence-corrected chi connectivity index (χ4v) is 2.22. The van der Waals surface area contributed by atoms with Gasteiger partial charge in [0, 0.05) is 10.8 Å². The van der Waals surface area contributed by atoms with Crippen LogP contribution in [0.2, 0.25) is 0 Å². The van der Waals surface area contributed by atoms with Gasteiger partial charge in [0.05, 0.1) is 4.90 Å². The normalized spacial score (nSPS) is 11.9. The number of hydrogen-bond donors (Lipinski definition) is 1. The molecule has 0 unspecified atom stereocenters. The van der Waals surface area contributed by atoms with Gasteiger partial charge < -0.3 is 0 Å². The second-order valence-corrected chi connectivity index (χ2v) is 4.67. The molecule has 0 heterocycles. The first-order valence-corrected chi connectivity index (χ1v) is 5.75. The molecule has 2 aromatic carbocycles. The Balaban J connectivity index is 2.96. The van der Waals surface area contributed by atoms with Gasteiger partial charge in [-0.3, -0.25) is 0 Å². The van der Waals surface area contributed by atoms with Crippen molar-refractivity contribution in [3.8, 4) is 0 Å². The van der Waals surface area contributed by atoms with Gasteiger partial charge in [-0.1, -0.05) is 24.3 Å². The Morgan fingerprint density at radius 2 is 1.60 bits per heavy atom. The van der Waals surface area contributed by atoms with Crippen LogP contribution in [0.4, 0.5) is 4.39 Å². The lowest BCUT2D eigenvalue weighted by Gasteiger charge is -2.04. The van der Waals surface area contributed by atoms with Crippen molar-refractivity contribution in [1.82, 2.24) is 0 Å². The van der Waals surface area contributed by atoms with Crippen LogP contribution in [0.1, 0.15) is 0 Å². The summed E-state index contributed by atoms with van der Waals surface area (Å²) in [5.41, 5.74) is 0. The Morgan fingerprint density at radius 1 is 1.00 bits per heavy atom. The number of primary sulfonamides is 1. The molecule has 0 aromatic heterocycles. The first kappa shape index (κ1) is 10.1. The van der Waals surface area contributed by atoms with Crippen LogP contribution in [-0.2, 0) is 10.0 Å². The summed E-state index contributed by atoms with van der Waals surface area (Å²) in [6, 6.07) is 8.58. The third kappa shape index (κ3) is 1.71. The van der Waals surface area contributed by atoms with Crippen molar-refractivity contribution in [3.05, 3.63) is 42.2 Å². The lowest BCUT2D eigenvalue weighted by Crippen LogP contribution is -2.12. The van der Waals surface area contributed by atoms with Gasteiger partial charge in [0.25, 0.3) is 0 Å². The van der Waals surface area contributed by atoms with Crippen LogP contribution in [0.25, 0.3) is 10.8 Å². The van der Waals surface area contributed by atoms with E-state index in [4.69, 9.17) is 5.14 Å². The highest BCUT2D eigenvalue weighted by Crippen LogP contribution is 2.24. The van der Waals surface area contributed by atoms with Gasteiger partial charge >= 0.3 is 0 Å². The minimum absolute atomic E-state index is 0.0560. The van der Waals surface area contributed by atoms with Gasteiger partial charge in [0.2, 0.25) is 10.0 Å². The molecule has 5 heteroatoms. The number of hydrogen-bond acceptors (Lipinski definition) is 2. The molecule has 78 valence electrons. The highest BCUT2D eigenvalue weighted by atomic mass is 32.2. The van der Waals surface area contributed by atoms with Crippen LogP contribution >= 0.6 is 0 Å². The van der Waals surface area contributed by atoms with Gasteiger partial charge in [0.1, 0.15) is 5.82 Å². The van der Waals surface area contributed by atoms with Gasteiger partial charge in [0.15, 0.2) is 0 Å². The molecule has 0 saturated carbocycles. The molecule has 0 fully saturated rings. The summed E-state index contributed by atoms with van der Waals surface area (Å²) in [5, 5.41) is 5.58. The van der Waals surface area contributed by atoms with Crippen molar-refractivity contribution in [2.75, 3.05) is 0 Å². The third-order valence-electron chi connectivity index (χ3n) is 2.14. The van der Waals surface area contributed by atoms with Crippen LogP contribution < -0.4 is 5.14 Å². The monoisotopic (exact) mass is 225 g/mol. The summed E-state index contributed by atoms with van der Waals surface area (Å²) in [6.07, 6.45) is 0. The molecule has 0 radical (unpaired) electrons. The van der Waals surface area contributed by atoms with Crippen molar-refractivity contribution in [1.29, 1.82) is 0 Å².